The maximum absolute atomic E-state index is 10.8. The number of rotatable bonds is 10. The van der Waals surface area contributed by atoms with Crippen LogP contribution in [0, 0.1) is 0 Å². The SMILES string of the molecule is Nc1ccn([C@H]2CC[C@@H](COP(=O)(O)O)O2)c(=NCCCC[C@H](N)C(=O)O)n1. The molecule has 13 heteroatoms. The molecular formula is C15H26N5O7P. The number of carbonyl (C=O) groups is 1. The predicted molar refractivity (Wildman–Crippen MR) is 97.7 cm³/mol. The fraction of sp³-hybridized carbons (Fsp3) is 0.667. The first-order valence-electron chi connectivity index (χ1n) is 8.85. The van der Waals surface area contributed by atoms with Crippen molar-refractivity contribution >= 4 is 19.6 Å². The van der Waals surface area contributed by atoms with Crippen LogP contribution in [0.25, 0.3) is 0 Å². The third-order valence-electron chi connectivity index (χ3n) is 4.18. The van der Waals surface area contributed by atoms with Gasteiger partial charge in [-0.1, -0.05) is 0 Å². The van der Waals surface area contributed by atoms with E-state index in [1.165, 1.54) is 0 Å². The van der Waals surface area contributed by atoms with E-state index in [0.717, 1.165) is 0 Å². The highest BCUT2D eigenvalue weighted by atomic mass is 31.2. The van der Waals surface area contributed by atoms with Crippen molar-refractivity contribution in [2.24, 2.45) is 10.7 Å². The summed E-state index contributed by atoms with van der Waals surface area (Å²) in [5.41, 5.74) is 11.6. The standard InChI is InChI=1S/C15H26N5O7P/c16-11(14(21)22)3-1-2-7-18-15-19-12(17)6-8-20(15)13-5-4-10(27-13)9-26-28(23,24)25/h6,8,10-11,13H,1-5,7,9,16H2,(H,21,22)(H2,17,18,19)(H2,23,24,25)/t10-,11-,13+/m0/s1. The van der Waals surface area contributed by atoms with Crippen LogP contribution >= 0.6 is 7.82 Å². The van der Waals surface area contributed by atoms with Gasteiger partial charge in [-0.15, -0.1) is 0 Å². The molecule has 1 aromatic heterocycles. The molecule has 0 unspecified atom stereocenters. The number of unbranched alkanes of at least 4 members (excludes halogenated alkanes) is 1. The molecule has 2 rings (SSSR count). The molecule has 0 amide bonds. The van der Waals surface area contributed by atoms with Crippen LogP contribution in [-0.2, 0) is 18.6 Å². The van der Waals surface area contributed by atoms with Crippen molar-refractivity contribution in [3.8, 4) is 0 Å². The average molecular weight is 419 g/mol. The summed E-state index contributed by atoms with van der Waals surface area (Å²) in [4.78, 5) is 36.9. The normalized spacial score (nSPS) is 21.8. The van der Waals surface area contributed by atoms with Crippen molar-refractivity contribution in [2.45, 2.75) is 50.5 Å². The number of anilines is 1. The summed E-state index contributed by atoms with van der Waals surface area (Å²) in [5, 5.41) is 8.77. The zero-order valence-corrected chi connectivity index (χ0v) is 16.1. The Hall–Kier alpha value is -1.82. The van der Waals surface area contributed by atoms with Gasteiger partial charge < -0.3 is 31.1 Å². The van der Waals surface area contributed by atoms with Crippen molar-refractivity contribution in [1.82, 2.24) is 9.55 Å². The molecule has 0 saturated carbocycles. The first kappa shape index (κ1) is 22.5. The van der Waals surface area contributed by atoms with Crippen LogP contribution in [0.4, 0.5) is 5.82 Å². The fourth-order valence-electron chi connectivity index (χ4n) is 2.75. The zero-order valence-electron chi connectivity index (χ0n) is 15.3. The number of aliphatic carboxylic acids is 1. The van der Waals surface area contributed by atoms with Crippen LogP contribution in [0.5, 0.6) is 0 Å². The van der Waals surface area contributed by atoms with Crippen molar-refractivity contribution < 1.29 is 33.5 Å². The van der Waals surface area contributed by atoms with E-state index < -0.39 is 32.2 Å². The van der Waals surface area contributed by atoms with E-state index in [9.17, 15) is 9.36 Å². The van der Waals surface area contributed by atoms with Gasteiger partial charge in [0.05, 0.1) is 12.7 Å². The highest BCUT2D eigenvalue weighted by Crippen LogP contribution is 2.37. The van der Waals surface area contributed by atoms with Crippen molar-refractivity contribution in [1.29, 1.82) is 0 Å². The number of aromatic nitrogens is 2. The summed E-state index contributed by atoms with van der Waals surface area (Å²) >= 11 is 0. The molecule has 0 spiro atoms. The zero-order chi connectivity index (χ0) is 20.7. The Morgan fingerprint density at radius 2 is 2.21 bits per heavy atom. The third-order valence-corrected chi connectivity index (χ3v) is 4.67. The van der Waals surface area contributed by atoms with Gasteiger partial charge in [0.1, 0.15) is 18.1 Å². The summed E-state index contributed by atoms with van der Waals surface area (Å²) in [6.07, 6.45) is 3.62. The molecule has 12 nitrogen and oxygen atoms in total. The van der Waals surface area contributed by atoms with Crippen molar-refractivity contribution in [2.75, 3.05) is 18.9 Å². The number of carboxylic acid groups (broad SMARTS) is 1. The fourth-order valence-corrected chi connectivity index (χ4v) is 3.11. The van der Waals surface area contributed by atoms with Gasteiger partial charge in [0, 0.05) is 12.7 Å². The van der Waals surface area contributed by atoms with Gasteiger partial charge in [-0.3, -0.25) is 18.9 Å². The number of hydrogen-bond acceptors (Lipinski definition) is 8. The molecule has 28 heavy (non-hydrogen) atoms. The second kappa shape index (κ2) is 10.1. The smallest absolute Gasteiger partial charge is 0.469 e. The molecule has 1 aromatic rings. The minimum absolute atomic E-state index is 0.208. The van der Waals surface area contributed by atoms with Gasteiger partial charge in [0.25, 0.3) is 0 Å². The van der Waals surface area contributed by atoms with Crippen LogP contribution in [-0.4, -0.2) is 55.7 Å². The first-order valence-corrected chi connectivity index (χ1v) is 10.4. The van der Waals surface area contributed by atoms with Gasteiger partial charge >= 0.3 is 13.8 Å². The Morgan fingerprint density at radius 1 is 1.46 bits per heavy atom. The number of nitrogens with zero attached hydrogens (tertiary/aromatic N) is 3. The van der Waals surface area contributed by atoms with Gasteiger partial charge in [-0.05, 0) is 38.2 Å². The Bertz CT molecular complexity index is 780. The van der Waals surface area contributed by atoms with Gasteiger partial charge in [0.15, 0.2) is 0 Å². The minimum atomic E-state index is -4.54. The molecule has 1 aliphatic rings. The van der Waals surface area contributed by atoms with E-state index >= 15 is 0 Å². The number of nitrogen functional groups attached to an aromatic ring is 1. The molecule has 158 valence electrons. The van der Waals surface area contributed by atoms with Crippen LogP contribution in [0.15, 0.2) is 17.3 Å². The molecule has 2 heterocycles. The number of phosphoric acid groups is 1. The Kier molecular flexibility index (Phi) is 8.10. The van der Waals surface area contributed by atoms with E-state index in [1.807, 2.05) is 0 Å². The topological polar surface area (TPSA) is 196 Å². The van der Waals surface area contributed by atoms with Gasteiger partial charge in [-0.2, -0.15) is 4.98 Å². The largest absolute Gasteiger partial charge is 0.480 e. The number of ether oxygens (including phenoxy) is 1. The molecule has 3 atom stereocenters. The molecule has 1 saturated heterocycles. The summed E-state index contributed by atoms with van der Waals surface area (Å²) < 4.78 is 22.8. The Morgan fingerprint density at radius 3 is 2.89 bits per heavy atom. The van der Waals surface area contributed by atoms with E-state index in [0.29, 0.717) is 50.1 Å². The lowest BCUT2D eigenvalue weighted by Crippen LogP contribution is -2.30. The average Bonchev–Trinajstić information content (AvgIpc) is 3.07. The highest BCUT2D eigenvalue weighted by Gasteiger charge is 2.29. The molecule has 0 bridgehead atoms. The number of hydrogen-bond donors (Lipinski definition) is 5. The molecule has 0 aliphatic carbocycles. The second-order valence-electron chi connectivity index (χ2n) is 6.46. The molecular weight excluding hydrogens is 393 g/mol. The highest BCUT2D eigenvalue weighted by molar-refractivity contribution is 7.46. The Labute approximate surface area is 161 Å². The number of carboxylic acids is 1. The quantitative estimate of drug-likeness (QED) is 0.249. The number of phosphoric ester groups is 1. The summed E-state index contributed by atoms with van der Waals surface area (Å²) in [6, 6.07) is 0.725. The van der Waals surface area contributed by atoms with Crippen LogP contribution in [0.2, 0.25) is 0 Å². The molecule has 0 radical (unpaired) electrons. The molecule has 1 aliphatic heterocycles. The lowest BCUT2D eigenvalue weighted by atomic mass is 10.1. The molecule has 1 fully saturated rings. The van der Waals surface area contributed by atoms with Crippen molar-refractivity contribution in [3.05, 3.63) is 17.9 Å². The van der Waals surface area contributed by atoms with E-state index in [4.69, 9.17) is 31.1 Å². The molecule has 7 N–H and O–H groups in total. The summed E-state index contributed by atoms with van der Waals surface area (Å²) in [6.45, 7) is 0.209. The second-order valence-corrected chi connectivity index (χ2v) is 7.70. The summed E-state index contributed by atoms with van der Waals surface area (Å²) in [7, 11) is -4.54. The van der Waals surface area contributed by atoms with E-state index in [2.05, 4.69) is 14.5 Å². The minimum Gasteiger partial charge on any atom is -0.480 e. The van der Waals surface area contributed by atoms with E-state index in [-0.39, 0.29) is 6.61 Å². The maximum atomic E-state index is 10.8. The van der Waals surface area contributed by atoms with E-state index in [1.54, 1.807) is 16.8 Å². The van der Waals surface area contributed by atoms with Crippen LogP contribution in [0.3, 0.4) is 0 Å². The molecule has 0 aromatic carbocycles. The van der Waals surface area contributed by atoms with Gasteiger partial charge in [-0.25, -0.2) is 4.57 Å². The number of nitrogens with two attached hydrogens (primary N) is 2. The predicted octanol–water partition coefficient (Wildman–Crippen LogP) is -0.265. The maximum Gasteiger partial charge on any atom is 0.469 e. The first-order chi connectivity index (χ1) is 13.2. The summed E-state index contributed by atoms with van der Waals surface area (Å²) in [5.74, 6) is -0.731. The lowest BCUT2D eigenvalue weighted by Gasteiger charge is -2.17. The lowest BCUT2D eigenvalue weighted by molar-refractivity contribution is -0.138. The van der Waals surface area contributed by atoms with Crippen LogP contribution < -0.4 is 17.1 Å². The Balaban J connectivity index is 1.96. The van der Waals surface area contributed by atoms with Crippen LogP contribution in [0.1, 0.15) is 38.3 Å². The third kappa shape index (κ3) is 7.30. The monoisotopic (exact) mass is 419 g/mol. The van der Waals surface area contributed by atoms with Crippen molar-refractivity contribution in [3.63, 3.8) is 0 Å². The van der Waals surface area contributed by atoms with Gasteiger partial charge in [0.2, 0.25) is 5.62 Å².